The normalized spacial score (nSPS) is 17.2. The van der Waals surface area contributed by atoms with Gasteiger partial charge in [0.15, 0.2) is 0 Å². The van der Waals surface area contributed by atoms with Gasteiger partial charge in [0.25, 0.3) is 0 Å². The van der Waals surface area contributed by atoms with Crippen molar-refractivity contribution in [3.05, 3.63) is 23.8 Å². The number of rotatable bonds is 2. The van der Waals surface area contributed by atoms with Gasteiger partial charge in [-0.2, -0.15) is 0 Å². The number of aryl methyl sites for hydroxylation is 1. The van der Waals surface area contributed by atoms with Gasteiger partial charge < -0.3 is 10.4 Å². The van der Waals surface area contributed by atoms with Crippen molar-refractivity contribution in [3.63, 3.8) is 0 Å². The molecule has 1 aromatic rings. The molecule has 0 amide bonds. The van der Waals surface area contributed by atoms with Gasteiger partial charge in [0.1, 0.15) is 5.75 Å². The van der Waals surface area contributed by atoms with E-state index in [2.05, 4.69) is 5.32 Å². The largest absolute Gasteiger partial charge is 0.508 e. The molecule has 0 aromatic heterocycles. The second-order valence-corrected chi connectivity index (χ2v) is 4.13. The Labute approximate surface area is 85.0 Å². The zero-order chi connectivity index (χ0) is 9.97. The maximum atomic E-state index is 9.38. The van der Waals surface area contributed by atoms with Gasteiger partial charge >= 0.3 is 0 Å². The van der Waals surface area contributed by atoms with Gasteiger partial charge in [-0.1, -0.05) is 12.8 Å². The first-order chi connectivity index (χ1) is 6.75. The fourth-order valence-corrected chi connectivity index (χ4v) is 2.05. The van der Waals surface area contributed by atoms with Gasteiger partial charge in [0.2, 0.25) is 0 Å². The third kappa shape index (κ3) is 2.00. The van der Waals surface area contributed by atoms with Crippen molar-refractivity contribution < 1.29 is 5.11 Å². The summed E-state index contributed by atoms with van der Waals surface area (Å²) in [4.78, 5) is 0. The van der Waals surface area contributed by atoms with Crippen molar-refractivity contribution >= 4 is 5.69 Å². The number of benzene rings is 1. The average molecular weight is 191 g/mol. The van der Waals surface area contributed by atoms with Crippen LogP contribution in [0.5, 0.6) is 5.75 Å². The summed E-state index contributed by atoms with van der Waals surface area (Å²) in [6, 6.07) is 6.35. The highest BCUT2D eigenvalue weighted by molar-refractivity contribution is 5.50. The lowest BCUT2D eigenvalue weighted by atomic mass is 10.1. The van der Waals surface area contributed by atoms with Crippen LogP contribution in [0.1, 0.15) is 31.2 Å². The van der Waals surface area contributed by atoms with Crippen LogP contribution in [-0.4, -0.2) is 11.1 Å². The summed E-state index contributed by atoms with van der Waals surface area (Å²) in [7, 11) is 0. The molecule has 0 heterocycles. The molecule has 2 rings (SSSR count). The van der Waals surface area contributed by atoms with E-state index in [-0.39, 0.29) is 0 Å². The monoisotopic (exact) mass is 191 g/mol. The lowest BCUT2D eigenvalue weighted by molar-refractivity contribution is 0.471. The second kappa shape index (κ2) is 3.91. The molecule has 1 aliphatic rings. The fourth-order valence-electron chi connectivity index (χ4n) is 2.05. The molecule has 1 aliphatic carbocycles. The zero-order valence-corrected chi connectivity index (χ0v) is 8.59. The molecule has 0 unspecified atom stereocenters. The fraction of sp³-hybridized carbons (Fsp3) is 0.500. The highest BCUT2D eigenvalue weighted by atomic mass is 16.3. The van der Waals surface area contributed by atoms with Gasteiger partial charge in [-0.3, -0.25) is 0 Å². The number of aromatic hydroxyl groups is 1. The van der Waals surface area contributed by atoms with Gasteiger partial charge in [-0.25, -0.2) is 0 Å². The van der Waals surface area contributed by atoms with E-state index in [0.717, 1.165) is 11.3 Å². The summed E-state index contributed by atoms with van der Waals surface area (Å²) in [6.45, 7) is 1.93. The van der Waals surface area contributed by atoms with Crippen LogP contribution in [0.3, 0.4) is 0 Å². The highest BCUT2D eigenvalue weighted by Crippen LogP contribution is 2.25. The smallest absolute Gasteiger partial charge is 0.118 e. The van der Waals surface area contributed by atoms with E-state index in [4.69, 9.17) is 0 Å². The van der Waals surface area contributed by atoms with E-state index < -0.39 is 0 Å². The van der Waals surface area contributed by atoms with Crippen molar-refractivity contribution in [2.75, 3.05) is 5.32 Å². The Bertz CT molecular complexity index is 316. The maximum Gasteiger partial charge on any atom is 0.118 e. The van der Waals surface area contributed by atoms with Crippen LogP contribution < -0.4 is 5.32 Å². The summed E-state index contributed by atoms with van der Waals surface area (Å²) in [6.07, 6.45) is 5.24. The molecule has 0 radical (unpaired) electrons. The first-order valence-electron chi connectivity index (χ1n) is 5.32. The zero-order valence-electron chi connectivity index (χ0n) is 8.59. The Balaban J connectivity index is 2.05. The molecular formula is C12H17NO. The molecule has 0 saturated heterocycles. The van der Waals surface area contributed by atoms with Crippen molar-refractivity contribution in [2.45, 2.75) is 38.6 Å². The van der Waals surface area contributed by atoms with Crippen molar-refractivity contribution in [1.29, 1.82) is 0 Å². The summed E-state index contributed by atoms with van der Waals surface area (Å²) in [5.41, 5.74) is 2.07. The Morgan fingerprint density at radius 2 is 2.00 bits per heavy atom. The van der Waals surface area contributed by atoms with Crippen LogP contribution >= 0.6 is 0 Å². The van der Waals surface area contributed by atoms with Crippen LogP contribution in [0.25, 0.3) is 0 Å². The summed E-state index contributed by atoms with van der Waals surface area (Å²) >= 11 is 0. The quantitative estimate of drug-likeness (QED) is 0.704. The first kappa shape index (κ1) is 9.38. The third-order valence-electron chi connectivity index (χ3n) is 2.92. The van der Waals surface area contributed by atoms with E-state index in [1.165, 1.54) is 25.7 Å². The summed E-state index contributed by atoms with van der Waals surface area (Å²) < 4.78 is 0. The molecule has 1 saturated carbocycles. The number of hydrogen-bond donors (Lipinski definition) is 2. The SMILES string of the molecule is Cc1cc(NC2CCCC2)ccc1O. The van der Waals surface area contributed by atoms with E-state index >= 15 is 0 Å². The van der Waals surface area contributed by atoms with E-state index in [1.54, 1.807) is 6.07 Å². The second-order valence-electron chi connectivity index (χ2n) is 4.13. The molecule has 2 nitrogen and oxygen atoms in total. The van der Waals surface area contributed by atoms with Crippen molar-refractivity contribution in [2.24, 2.45) is 0 Å². The van der Waals surface area contributed by atoms with E-state index in [1.807, 2.05) is 19.1 Å². The molecular weight excluding hydrogens is 174 g/mol. The lowest BCUT2D eigenvalue weighted by Gasteiger charge is -2.14. The van der Waals surface area contributed by atoms with Crippen LogP contribution in [-0.2, 0) is 0 Å². The molecule has 1 aromatic carbocycles. The molecule has 0 aliphatic heterocycles. The molecule has 2 heteroatoms. The molecule has 14 heavy (non-hydrogen) atoms. The van der Waals surface area contributed by atoms with Gasteiger partial charge in [0, 0.05) is 11.7 Å². The van der Waals surface area contributed by atoms with Crippen LogP contribution in [0.2, 0.25) is 0 Å². The number of hydrogen-bond acceptors (Lipinski definition) is 2. The van der Waals surface area contributed by atoms with Gasteiger partial charge in [-0.15, -0.1) is 0 Å². The Hall–Kier alpha value is -1.18. The van der Waals surface area contributed by atoms with Gasteiger partial charge in [-0.05, 0) is 43.5 Å². The molecule has 0 spiro atoms. The number of phenolic OH excluding ortho intramolecular Hbond substituents is 1. The minimum Gasteiger partial charge on any atom is -0.508 e. The van der Waals surface area contributed by atoms with Crippen LogP contribution in [0.4, 0.5) is 5.69 Å². The van der Waals surface area contributed by atoms with Crippen molar-refractivity contribution in [3.8, 4) is 5.75 Å². The van der Waals surface area contributed by atoms with Gasteiger partial charge in [0.05, 0.1) is 0 Å². The third-order valence-corrected chi connectivity index (χ3v) is 2.92. The summed E-state index contributed by atoms with van der Waals surface area (Å²) in [5.74, 6) is 0.377. The van der Waals surface area contributed by atoms with Crippen LogP contribution in [0.15, 0.2) is 18.2 Å². The molecule has 0 bridgehead atoms. The number of nitrogens with one attached hydrogen (secondary N) is 1. The van der Waals surface area contributed by atoms with Crippen molar-refractivity contribution in [1.82, 2.24) is 0 Å². The number of phenols is 1. The predicted octanol–water partition coefficient (Wildman–Crippen LogP) is 3.06. The highest BCUT2D eigenvalue weighted by Gasteiger charge is 2.14. The average Bonchev–Trinajstić information content (AvgIpc) is 2.64. The Morgan fingerprint density at radius 3 is 2.64 bits per heavy atom. The van der Waals surface area contributed by atoms with E-state index in [9.17, 15) is 5.11 Å². The maximum absolute atomic E-state index is 9.38. The predicted molar refractivity (Wildman–Crippen MR) is 58.7 cm³/mol. The molecule has 2 N–H and O–H groups in total. The number of anilines is 1. The van der Waals surface area contributed by atoms with E-state index in [0.29, 0.717) is 11.8 Å². The molecule has 0 atom stereocenters. The Morgan fingerprint density at radius 1 is 1.29 bits per heavy atom. The first-order valence-corrected chi connectivity index (χ1v) is 5.32. The minimum atomic E-state index is 0.377. The summed E-state index contributed by atoms with van der Waals surface area (Å²) in [5, 5.41) is 12.9. The molecule has 76 valence electrons. The topological polar surface area (TPSA) is 32.3 Å². The standard InChI is InChI=1S/C12H17NO/c1-9-8-11(6-7-12(9)14)13-10-4-2-3-5-10/h6-8,10,13-14H,2-5H2,1H3. The molecule has 1 fully saturated rings. The lowest BCUT2D eigenvalue weighted by Crippen LogP contribution is -2.14. The van der Waals surface area contributed by atoms with Crippen LogP contribution in [0, 0.1) is 6.92 Å². The minimum absolute atomic E-state index is 0.377. The Kier molecular flexibility index (Phi) is 2.62.